The molecule has 2 rings (SSSR count). The fourth-order valence-electron chi connectivity index (χ4n) is 2.14. The fourth-order valence-corrected chi connectivity index (χ4v) is 2.14. The minimum absolute atomic E-state index is 0.0655. The molecule has 1 amide bonds. The molecule has 102 valence electrons. The van der Waals surface area contributed by atoms with Crippen LogP contribution in [0.15, 0.2) is 30.3 Å². The molecule has 19 heavy (non-hydrogen) atoms. The first-order chi connectivity index (χ1) is 8.89. The van der Waals surface area contributed by atoms with Gasteiger partial charge in [0.15, 0.2) is 0 Å². The van der Waals surface area contributed by atoms with Crippen LogP contribution in [0.5, 0.6) is 0 Å². The van der Waals surface area contributed by atoms with Gasteiger partial charge in [0.2, 0.25) is 11.7 Å². The van der Waals surface area contributed by atoms with E-state index in [1.807, 2.05) is 6.07 Å². The van der Waals surface area contributed by atoms with E-state index in [1.54, 1.807) is 24.3 Å². The van der Waals surface area contributed by atoms with Gasteiger partial charge in [0.05, 0.1) is 0 Å². The summed E-state index contributed by atoms with van der Waals surface area (Å²) in [5, 5.41) is 0. The van der Waals surface area contributed by atoms with Gasteiger partial charge in [0.1, 0.15) is 5.92 Å². The van der Waals surface area contributed by atoms with Gasteiger partial charge in [-0.05, 0) is 12.0 Å². The van der Waals surface area contributed by atoms with Crippen molar-refractivity contribution in [1.82, 2.24) is 4.90 Å². The molecule has 1 aliphatic heterocycles. The fraction of sp³-hybridized carbons (Fsp3) is 0.385. The average molecular weight is 271 g/mol. The Bertz CT molecular complexity index is 484. The maximum absolute atomic E-state index is 12.3. The number of hydrogen-bond acceptors (Lipinski definition) is 2. The maximum atomic E-state index is 12.3. The Balaban J connectivity index is 2.05. The van der Waals surface area contributed by atoms with Crippen LogP contribution in [0.3, 0.4) is 0 Å². The van der Waals surface area contributed by atoms with Gasteiger partial charge in [-0.25, -0.2) is 0 Å². The van der Waals surface area contributed by atoms with Crippen LogP contribution in [0.2, 0.25) is 0 Å². The molecular weight excluding hydrogens is 259 g/mol. The number of rotatable bonds is 3. The Kier molecular flexibility index (Phi) is 3.59. The van der Waals surface area contributed by atoms with Crippen molar-refractivity contribution >= 4 is 11.7 Å². The lowest BCUT2D eigenvalue weighted by Gasteiger charge is -2.16. The molecule has 1 aromatic carbocycles. The second kappa shape index (κ2) is 5.03. The van der Waals surface area contributed by atoms with Gasteiger partial charge in [-0.15, -0.1) is 0 Å². The first-order valence-electron chi connectivity index (χ1n) is 5.83. The molecule has 0 bridgehead atoms. The number of hydrogen-bond donors (Lipinski definition) is 0. The van der Waals surface area contributed by atoms with Gasteiger partial charge in [-0.1, -0.05) is 30.3 Å². The first kappa shape index (κ1) is 13.6. The molecule has 1 unspecified atom stereocenters. The van der Waals surface area contributed by atoms with E-state index >= 15 is 0 Å². The molecule has 0 saturated carbocycles. The molecule has 0 aromatic heterocycles. The standard InChI is InChI=1S/C13H12F3NO2/c14-13(15,16)11(18)10-6-7-17(12(10)19)8-9-4-2-1-3-5-9/h1-5,10H,6-8H2. The predicted molar refractivity (Wildman–Crippen MR) is 61.0 cm³/mol. The van der Waals surface area contributed by atoms with E-state index in [9.17, 15) is 22.8 Å². The molecule has 1 aromatic rings. The summed E-state index contributed by atoms with van der Waals surface area (Å²) in [5.41, 5.74) is 0.830. The zero-order chi connectivity index (χ0) is 14.0. The highest BCUT2D eigenvalue weighted by Gasteiger charge is 2.49. The lowest BCUT2D eigenvalue weighted by Crippen LogP contribution is -2.36. The Morgan fingerprint density at radius 2 is 1.89 bits per heavy atom. The van der Waals surface area contributed by atoms with E-state index in [0.29, 0.717) is 0 Å². The minimum Gasteiger partial charge on any atom is -0.338 e. The summed E-state index contributed by atoms with van der Waals surface area (Å²) >= 11 is 0. The molecule has 1 atom stereocenters. The Labute approximate surface area is 108 Å². The molecule has 1 heterocycles. The first-order valence-corrected chi connectivity index (χ1v) is 5.83. The van der Waals surface area contributed by atoms with E-state index in [-0.39, 0.29) is 19.5 Å². The predicted octanol–water partition coefficient (Wildman–Crippen LogP) is 2.17. The topological polar surface area (TPSA) is 37.4 Å². The smallest absolute Gasteiger partial charge is 0.338 e. The third-order valence-corrected chi connectivity index (χ3v) is 3.11. The highest BCUT2D eigenvalue weighted by atomic mass is 19.4. The van der Waals surface area contributed by atoms with Crippen molar-refractivity contribution in [2.45, 2.75) is 19.1 Å². The lowest BCUT2D eigenvalue weighted by atomic mass is 10.0. The number of likely N-dealkylation sites (tertiary alicyclic amines) is 1. The van der Waals surface area contributed by atoms with Crippen LogP contribution in [0.25, 0.3) is 0 Å². The third-order valence-electron chi connectivity index (χ3n) is 3.11. The number of ketones is 1. The number of benzene rings is 1. The number of halogens is 3. The van der Waals surface area contributed by atoms with Crippen LogP contribution >= 0.6 is 0 Å². The van der Waals surface area contributed by atoms with Crippen LogP contribution in [-0.2, 0) is 16.1 Å². The van der Waals surface area contributed by atoms with E-state index in [2.05, 4.69) is 0 Å². The van der Waals surface area contributed by atoms with Gasteiger partial charge < -0.3 is 4.90 Å². The minimum atomic E-state index is -4.94. The zero-order valence-corrected chi connectivity index (χ0v) is 9.98. The maximum Gasteiger partial charge on any atom is 0.450 e. The molecular formula is C13H12F3NO2. The number of alkyl halides is 3. The van der Waals surface area contributed by atoms with Gasteiger partial charge in [0.25, 0.3) is 0 Å². The van der Waals surface area contributed by atoms with Crippen molar-refractivity contribution in [2.24, 2.45) is 5.92 Å². The SMILES string of the molecule is O=C1C(C(=O)C(F)(F)F)CCN1Cc1ccccc1. The summed E-state index contributed by atoms with van der Waals surface area (Å²) in [6, 6.07) is 8.95. The summed E-state index contributed by atoms with van der Waals surface area (Å²) in [6.45, 7) is 0.418. The van der Waals surface area contributed by atoms with Crippen molar-refractivity contribution in [3.8, 4) is 0 Å². The van der Waals surface area contributed by atoms with Crippen molar-refractivity contribution in [2.75, 3.05) is 6.54 Å². The molecule has 0 radical (unpaired) electrons. The average Bonchev–Trinajstić information content (AvgIpc) is 2.70. The number of nitrogens with zero attached hydrogens (tertiary/aromatic N) is 1. The van der Waals surface area contributed by atoms with E-state index in [1.165, 1.54) is 4.90 Å². The molecule has 1 aliphatic rings. The number of Topliss-reactive ketones (excluding diaryl/α,β-unsaturated/α-hetero) is 1. The Hall–Kier alpha value is -1.85. The van der Waals surface area contributed by atoms with Crippen LogP contribution < -0.4 is 0 Å². The van der Waals surface area contributed by atoms with Crippen LogP contribution in [-0.4, -0.2) is 29.3 Å². The van der Waals surface area contributed by atoms with Crippen LogP contribution in [0.4, 0.5) is 13.2 Å². The molecule has 1 fully saturated rings. The Morgan fingerprint density at radius 3 is 2.47 bits per heavy atom. The molecule has 6 heteroatoms. The van der Waals surface area contributed by atoms with E-state index in [0.717, 1.165) is 5.56 Å². The van der Waals surface area contributed by atoms with Crippen molar-refractivity contribution < 1.29 is 22.8 Å². The van der Waals surface area contributed by atoms with Gasteiger partial charge in [-0.3, -0.25) is 9.59 Å². The van der Waals surface area contributed by atoms with E-state index in [4.69, 9.17) is 0 Å². The van der Waals surface area contributed by atoms with Crippen LogP contribution in [0, 0.1) is 5.92 Å². The normalized spacial score (nSPS) is 19.8. The number of carbonyl (C=O) groups is 2. The Morgan fingerprint density at radius 1 is 1.26 bits per heavy atom. The van der Waals surface area contributed by atoms with Gasteiger partial charge in [0, 0.05) is 13.1 Å². The zero-order valence-electron chi connectivity index (χ0n) is 9.98. The van der Waals surface area contributed by atoms with Crippen LogP contribution in [0.1, 0.15) is 12.0 Å². The van der Waals surface area contributed by atoms with Crippen molar-refractivity contribution in [3.63, 3.8) is 0 Å². The van der Waals surface area contributed by atoms with Gasteiger partial charge >= 0.3 is 6.18 Å². The summed E-state index contributed by atoms with van der Waals surface area (Å²) in [6.07, 6.45) is -5.01. The second-order valence-electron chi connectivity index (χ2n) is 4.45. The summed E-state index contributed by atoms with van der Waals surface area (Å²) < 4.78 is 36.9. The lowest BCUT2D eigenvalue weighted by molar-refractivity contribution is -0.176. The molecule has 0 aliphatic carbocycles. The quantitative estimate of drug-likeness (QED) is 0.790. The number of carbonyl (C=O) groups excluding carboxylic acids is 2. The van der Waals surface area contributed by atoms with Crippen molar-refractivity contribution in [1.29, 1.82) is 0 Å². The third kappa shape index (κ3) is 2.94. The summed E-state index contributed by atoms with van der Waals surface area (Å²) in [4.78, 5) is 24.2. The highest BCUT2D eigenvalue weighted by molar-refractivity contribution is 6.05. The second-order valence-corrected chi connectivity index (χ2v) is 4.45. The summed E-state index contributed by atoms with van der Waals surface area (Å²) in [7, 11) is 0. The molecule has 0 spiro atoms. The highest BCUT2D eigenvalue weighted by Crippen LogP contribution is 2.28. The molecule has 3 nitrogen and oxygen atoms in total. The van der Waals surface area contributed by atoms with Crippen molar-refractivity contribution in [3.05, 3.63) is 35.9 Å². The van der Waals surface area contributed by atoms with Gasteiger partial charge in [-0.2, -0.15) is 13.2 Å². The largest absolute Gasteiger partial charge is 0.450 e. The monoisotopic (exact) mass is 271 g/mol. The molecule has 1 saturated heterocycles. The molecule has 0 N–H and O–H groups in total. The summed E-state index contributed by atoms with van der Waals surface area (Å²) in [5.74, 6) is -4.23. The number of amides is 1. The van der Waals surface area contributed by atoms with E-state index < -0.39 is 23.8 Å².